The molecule has 3 aliphatic rings. The largest absolute Gasteiger partial charge is 0.388 e. The van der Waals surface area contributed by atoms with Crippen LogP contribution >= 0.6 is 0 Å². The smallest absolute Gasteiger partial charge is 0.0817 e. The summed E-state index contributed by atoms with van der Waals surface area (Å²) in [6, 6.07) is 0.802. The molecule has 0 unspecified atom stereocenters. The number of piperidine rings is 2. The Bertz CT molecular complexity index is 291. The first-order valence-electron chi connectivity index (χ1n) is 8.52. The lowest BCUT2D eigenvalue weighted by Crippen LogP contribution is -2.52. The van der Waals surface area contributed by atoms with Gasteiger partial charge in [0, 0.05) is 38.6 Å². The van der Waals surface area contributed by atoms with Gasteiger partial charge in [-0.1, -0.05) is 6.42 Å². The Morgan fingerprint density at radius 3 is 2.25 bits per heavy atom. The van der Waals surface area contributed by atoms with Gasteiger partial charge in [-0.05, 0) is 51.9 Å². The van der Waals surface area contributed by atoms with E-state index in [0.29, 0.717) is 0 Å². The Hall–Kier alpha value is -0.160. The lowest BCUT2D eigenvalue weighted by atomic mass is 9.92. The lowest BCUT2D eigenvalue weighted by Gasteiger charge is -2.43. The first kappa shape index (κ1) is 14.8. The molecule has 0 amide bonds. The van der Waals surface area contributed by atoms with Crippen molar-refractivity contribution < 1.29 is 9.84 Å². The minimum absolute atomic E-state index is 0.490. The van der Waals surface area contributed by atoms with Crippen molar-refractivity contribution in [2.24, 2.45) is 0 Å². The molecule has 0 aromatic rings. The van der Waals surface area contributed by atoms with Crippen LogP contribution in [0, 0.1) is 0 Å². The van der Waals surface area contributed by atoms with Gasteiger partial charge < -0.3 is 19.6 Å². The molecule has 1 N–H and O–H groups in total. The van der Waals surface area contributed by atoms with Gasteiger partial charge in [0.1, 0.15) is 0 Å². The molecule has 20 heavy (non-hydrogen) atoms. The highest BCUT2D eigenvalue weighted by Crippen LogP contribution is 2.25. The van der Waals surface area contributed by atoms with Crippen LogP contribution in [0.25, 0.3) is 0 Å². The number of likely N-dealkylation sites (tertiary alicyclic amines) is 2. The van der Waals surface area contributed by atoms with Crippen LogP contribution in [0.2, 0.25) is 0 Å². The van der Waals surface area contributed by atoms with Crippen molar-refractivity contribution in [3.63, 3.8) is 0 Å². The molecule has 0 aliphatic carbocycles. The summed E-state index contributed by atoms with van der Waals surface area (Å²) in [6.07, 6.45) is 8.38. The number of β-amino-alcohol motifs (C(OH)–C–C–N with tert-alkyl or cyclic N) is 1. The minimum Gasteiger partial charge on any atom is -0.388 e. The molecular weight excluding hydrogens is 252 g/mol. The summed E-state index contributed by atoms with van der Waals surface area (Å²) in [6.45, 7) is 7.23. The van der Waals surface area contributed by atoms with E-state index in [1.807, 2.05) is 0 Å². The molecule has 3 rings (SSSR count). The Labute approximate surface area is 123 Å². The molecule has 4 nitrogen and oxygen atoms in total. The molecule has 116 valence electrons. The summed E-state index contributed by atoms with van der Waals surface area (Å²) < 4.78 is 5.37. The van der Waals surface area contributed by atoms with E-state index >= 15 is 0 Å². The molecule has 3 aliphatic heterocycles. The predicted molar refractivity (Wildman–Crippen MR) is 79.9 cm³/mol. The Kier molecular flexibility index (Phi) is 4.97. The lowest BCUT2D eigenvalue weighted by molar-refractivity contribution is -0.0840. The van der Waals surface area contributed by atoms with E-state index in [1.165, 1.54) is 45.2 Å². The summed E-state index contributed by atoms with van der Waals surface area (Å²) in [5.41, 5.74) is -0.490. The summed E-state index contributed by atoms with van der Waals surface area (Å²) in [5.74, 6) is 0. The molecule has 0 aromatic heterocycles. The van der Waals surface area contributed by atoms with E-state index in [4.69, 9.17) is 4.74 Å². The molecule has 4 heteroatoms. The fourth-order valence-corrected chi connectivity index (χ4v) is 4.05. The van der Waals surface area contributed by atoms with Crippen molar-refractivity contribution in [3.05, 3.63) is 0 Å². The maximum absolute atomic E-state index is 10.6. The normalized spacial score (nSPS) is 30.4. The molecule has 0 radical (unpaired) electrons. The van der Waals surface area contributed by atoms with E-state index in [1.54, 1.807) is 0 Å². The van der Waals surface area contributed by atoms with Crippen LogP contribution in [0.15, 0.2) is 0 Å². The molecule has 0 spiro atoms. The standard InChI is InChI=1S/C16H30N2O2/c19-16(6-12-20-13-7-16)14-17-10-4-15(5-11-17)18-8-2-1-3-9-18/h15,19H,1-14H2. The van der Waals surface area contributed by atoms with Gasteiger partial charge in [0.25, 0.3) is 0 Å². The van der Waals surface area contributed by atoms with Crippen LogP contribution in [0.1, 0.15) is 44.9 Å². The third-order valence-electron chi connectivity index (χ3n) is 5.41. The zero-order valence-corrected chi connectivity index (χ0v) is 12.7. The zero-order chi connectivity index (χ0) is 13.8. The second-order valence-corrected chi connectivity index (χ2v) is 6.94. The molecule has 0 aromatic carbocycles. The van der Waals surface area contributed by atoms with Crippen LogP contribution in [0.3, 0.4) is 0 Å². The SMILES string of the molecule is OC1(CN2CCC(N3CCCCC3)CC2)CCOCC1. The van der Waals surface area contributed by atoms with E-state index < -0.39 is 5.60 Å². The van der Waals surface area contributed by atoms with Crippen LogP contribution in [-0.2, 0) is 4.74 Å². The number of rotatable bonds is 3. The molecule has 3 heterocycles. The molecule has 0 atom stereocenters. The number of nitrogens with zero attached hydrogens (tertiary/aromatic N) is 2. The Morgan fingerprint density at radius 2 is 1.60 bits per heavy atom. The fourth-order valence-electron chi connectivity index (χ4n) is 4.05. The maximum Gasteiger partial charge on any atom is 0.0817 e. The Morgan fingerprint density at radius 1 is 0.950 bits per heavy atom. The highest BCUT2D eigenvalue weighted by atomic mass is 16.5. The zero-order valence-electron chi connectivity index (χ0n) is 12.7. The highest BCUT2D eigenvalue weighted by molar-refractivity contribution is 4.88. The molecule has 3 fully saturated rings. The van der Waals surface area contributed by atoms with Gasteiger partial charge in [-0.3, -0.25) is 0 Å². The summed E-state index contributed by atoms with van der Waals surface area (Å²) in [5, 5.41) is 10.6. The van der Waals surface area contributed by atoms with Gasteiger partial charge in [0.15, 0.2) is 0 Å². The number of hydrogen-bond donors (Lipinski definition) is 1. The number of hydrogen-bond acceptors (Lipinski definition) is 4. The van der Waals surface area contributed by atoms with Gasteiger partial charge in [-0.2, -0.15) is 0 Å². The highest BCUT2D eigenvalue weighted by Gasteiger charge is 2.34. The topological polar surface area (TPSA) is 35.9 Å². The Balaban J connectivity index is 1.43. The van der Waals surface area contributed by atoms with Crippen LogP contribution in [0.4, 0.5) is 0 Å². The van der Waals surface area contributed by atoms with Crippen LogP contribution < -0.4 is 0 Å². The summed E-state index contributed by atoms with van der Waals surface area (Å²) in [4.78, 5) is 5.19. The van der Waals surface area contributed by atoms with Crippen molar-refractivity contribution in [1.82, 2.24) is 9.80 Å². The van der Waals surface area contributed by atoms with Gasteiger partial charge in [-0.25, -0.2) is 0 Å². The van der Waals surface area contributed by atoms with E-state index in [2.05, 4.69) is 9.80 Å². The predicted octanol–water partition coefficient (Wildman–Crippen LogP) is 1.48. The number of ether oxygens (including phenoxy) is 1. The van der Waals surface area contributed by atoms with Gasteiger partial charge in [0.2, 0.25) is 0 Å². The first-order chi connectivity index (χ1) is 9.75. The van der Waals surface area contributed by atoms with E-state index in [9.17, 15) is 5.11 Å². The maximum atomic E-state index is 10.6. The summed E-state index contributed by atoms with van der Waals surface area (Å²) in [7, 11) is 0. The molecule has 0 bridgehead atoms. The van der Waals surface area contributed by atoms with Crippen molar-refractivity contribution in [1.29, 1.82) is 0 Å². The first-order valence-corrected chi connectivity index (χ1v) is 8.52. The van der Waals surface area contributed by atoms with Crippen LogP contribution in [0.5, 0.6) is 0 Å². The van der Waals surface area contributed by atoms with Crippen molar-refractivity contribution >= 4 is 0 Å². The number of aliphatic hydroxyl groups is 1. The average Bonchev–Trinajstić information content (AvgIpc) is 2.49. The van der Waals surface area contributed by atoms with Gasteiger partial charge in [-0.15, -0.1) is 0 Å². The van der Waals surface area contributed by atoms with Crippen molar-refractivity contribution in [3.8, 4) is 0 Å². The minimum atomic E-state index is -0.490. The quantitative estimate of drug-likeness (QED) is 0.850. The van der Waals surface area contributed by atoms with Gasteiger partial charge in [0.05, 0.1) is 5.60 Å². The molecular formula is C16H30N2O2. The fraction of sp³-hybridized carbons (Fsp3) is 1.00. The molecule has 3 saturated heterocycles. The monoisotopic (exact) mass is 282 g/mol. The average molecular weight is 282 g/mol. The molecule has 0 saturated carbocycles. The third-order valence-corrected chi connectivity index (χ3v) is 5.41. The second-order valence-electron chi connectivity index (χ2n) is 6.94. The summed E-state index contributed by atoms with van der Waals surface area (Å²) >= 11 is 0. The van der Waals surface area contributed by atoms with Crippen molar-refractivity contribution in [2.45, 2.75) is 56.6 Å². The van der Waals surface area contributed by atoms with Gasteiger partial charge >= 0.3 is 0 Å². The second kappa shape index (κ2) is 6.73. The van der Waals surface area contributed by atoms with E-state index in [0.717, 1.165) is 51.7 Å². The van der Waals surface area contributed by atoms with Crippen molar-refractivity contribution in [2.75, 3.05) is 45.9 Å². The van der Waals surface area contributed by atoms with Crippen LogP contribution in [-0.4, -0.2) is 72.5 Å². The van der Waals surface area contributed by atoms with E-state index in [-0.39, 0.29) is 0 Å². The third kappa shape index (κ3) is 3.73.